The molecule has 0 radical (unpaired) electrons. The first-order chi connectivity index (χ1) is 4.54. The van der Waals surface area contributed by atoms with Crippen LogP contribution in [0.3, 0.4) is 0 Å². The maximum atomic E-state index is 10.7. The van der Waals surface area contributed by atoms with E-state index in [1.807, 2.05) is 0 Å². The molecule has 4 heteroatoms. The molecule has 0 aromatic heterocycles. The third-order valence-electron chi connectivity index (χ3n) is 0.868. The molecule has 0 saturated heterocycles. The Morgan fingerprint density at radius 1 is 1.90 bits per heavy atom. The van der Waals surface area contributed by atoms with E-state index in [1.54, 1.807) is 6.92 Å². The maximum absolute atomic E-state index is 10.7. The number of carbonyl (C=O) groups is 1. The molecule has 58 valence electrons. The number of halogens is 1. The van der Waals surface area contributed by atoms with Crippen molar-refractivity contribution in [1.82, 2.24) is 5.32 Å². The first kappa shape index (κ1) is 9.65. The number of hydrogen-bond acceptors (Lipinski definition) is 2. The van der Waals surface area contributed by atoms with Crippen LogP contribution in [0, 0.1) is 0 Å². The lowest BCUT2D eigenvalue weighted by molar-refractivity contribution is -0.121. The predicted molar refractivity (Wildman–Crippen MR) is 44.7 cm³/mol. The lowest BCUT2D eigenvalue weighted by Gasteiger charge is -2.05. The van der Waals surface area contributed by atoms with Gasteiger partial charge >= 0.3 is 0 Å². The van der Waals surface area contributed by atoms with Crippen LogP contribution in [0.5, 0.6) is 0 Å². The number of amides is 1. The quantitative estimate of drug-likeness (QED) is 0.701. The van der Waals surface area contributed by atoms with Crippen LogP contribution >= 0.6 is 15.9 Å². The van der Waals surface area contributed by atoms with E-state index in [4.69, 9.17) is 5.73 Å². The average molecular weight is 207 g/mol. The first-order valence-electron chi connectivity index (χ1n) is 2.90. The zero-order valence-corrected chi connectivity index (χ0v) is 7.44. The molecule has 0 aliphatic carbocycles. The monoisotopic (exact) mass is 206 g/mol. The van der Waals surface area contributed by atoms with Gasteiger partial charge in [-0.3, -0.25) is 4.79 Å². The fourth-order valence-corrected chi connectivity index (χ4v) is 0.484. The highest BCUT2D eigenvalue weighted by molar-refractivity contribution is 9.11. The molecule has 1 amide bonds. The molecule has 0 unspecified atom stereocenters. The van der Waals surface area contributed by atoms with Crippen molar-refractivity contribution in [2.24, 2.45) is 5.73 Å². The molecule has 0 heterocycles. The summed E-state index contributed by atoms with van der Waals surface area (Å²) in [5.74, 6) is -0.166. The van der Waals surface area contributed by atoms with E-state index in [0.29, 0.717) is 6.54 Å². The van der Waals surface area contributed by atoms with Crippen molar-refractivity contribution in [3.8, 4) is 0 Å². The minimum absolute atomic E-state index is 0.166. The fourth-order valence-electron chi connectivity index (χ4n) is 0.344. The molecular weight excluding hydrogens is 196 g/mol. The summed E-state index contributed by atoms with van der Waals surface area (Å²) in [4.78, 5) is 10.7. The zero-order chi connectivity index (χ0) is 8.15. The average Bonchev–Trinajstić information content (AvgIpc) is 1.82. The normalized spacial score (nSPS) is 12.3. The van der Waals surface area contributed by atoms with Gasteiger partial charge in [0.15, 0.2) is 0 Å². The maximum Gasteiger partial charge on any atom is 0.236 e. The third-order valence-corrected chi connectivity index (χ3v) is 1.15. The summed E-state index contributed by atoms with van der Waals surface area (Å²) in [5, 5.41) is 2.57. The highest BCUT2D eigenvalue weighted by Crippen LogP contribution is 1.96. The Hall–Kier alpha value is -0.350. The summed E-state index contributed by atoms with van der Waals surface area (Å²) < 4.78 is 0.738. The van der Waals surface area contributed by atoms with Gasteiger partial charge in [-0.05, 0) is 6.92 Å². The number of rotatable bonds is 3. The van der Waals surface area contributed by atoms with Crippen molar-refractivity contribution in [3.05, 3.63) is 11.1 Å². The molecule has 0 fully saturated rings. The second kappa shape index (κ2) is 4.46. The lowest BCUT2D eigenvalue weighted by atomic mass is 10.3. The van der Waals surface area contributed by atoms with E-state index in [9.17, 15) is 4.79 Å². The van der Waals surface area contributed by atoms with Crippen LogP contribution in [0.25, 0.3) is 0 Å². The standard InChI is InChI=1S/C6H11BrN2O/c1-4(7)3-9-6(10)5(2)8/h5H,1,3,8H2,2H3,(H,9,10)/t5-/m1/s1. The molecule has 0 aliphatic heterocycles. The van der Waals surface area contributed by atoms with Gasteiger partial charge in [0.1, 0.15) is 0 Å². The molecule has 0 aromatic carbocycles. The van der Waals surface area contributed by atoms with Gasteiger partial charge in [-0.2, -0.15) is 0 Å². The SMILES string of the molecule is C=C(Br)CNC(=O)[C@@H](C)N. The topological polar surface area (TPSA) is 55.1 Å². The highest BCUT2D eigenvalue weighted by atomic mass is 79.9. The Balaban J connectivity index is 3.50. The molecule has 0 bridgehead atoms. The molecule has 3 nitrogen and oxygen atoms in total. The Morgan fingerprint density at radius 2 is 2.40 bits per heavy atom. The van der Waals surface area contributed by atoms with Crippen molar-refractivity contribution < 1.29 is 4.79 Å². The van der Waals surface area contributed by atoms with Crippen LogP contribution in [-0.4, -0.2) is 18.5 Å². The molecule has 0 aromatic rings. The van der Waals surface area contributed by atoms with Crippen LogP contribution in [0.1, 0.15) is 6.92 Å². The van der Waals surface area contributed by atoms with Crippen molar-refractivity contribution >= 4 is 21.8 Å². The third kappa shape index (κ3) is 4.52. The summed E-state index contributed by atoms with van der Waals surface area (Å²) in [7, 11) is 0. The Labute approximate surface area is 68.8 Å². The summed E-state index contributed by atoms with van der Waals surface area (Å²) in [6.07, 6.45) is 0. The van der Waals surface area contributed by atoms with Crippen molar-refractivity contribution in [2.75, 3.05) is 6.54 Å². The van der Waals surface area contributed by atoms with Crippen LogP contribution < -0.4 is 11.1 Å². The van der Waals surface area contributed by atoms with Crippen LogP contribution in [0.4, 0.5) is 0 Å². The Morgan fingerprint density at radius 3 is 2.70 bits per heavy atom. The van der Waals surface area contributed by atoms with E-state index in [-0.39, 0.29) is 5.91 Å². The van der Waals surface area contributed by atoms with Crippen molar-refractivity contribution in [2.45, 2.75) is 13.0 Å². The molecule has 10 heavy (non-hydrogen) atoms. The number of nitrogens with one attached hydrogen (secondary N) is 1. The van der Waals surface area contributed by atoms with Crippen molar-refractivity contribution in [1.29, 1.82) is 0 Å². The summed E-state index contributed by atoms with van der Waals surface area (Å²) >= 11 is 3.10. The number of carbonyl (C=O) groups excluding carboxylic acids is 1. The molecular formula is C6H11BrN2O. The van der Waals surface area contributed by atoms with Crippen molar-refractivity contribution in [3.63, 3.8) is 0 Å². The number of hydrogen-bond donors (Lipinski definition) is 2. The van der Waals surface area contributed by atoms with Gasteiger partial charge in [0, 0.05) is 11.0 Å². The second-order valence-electron chi connectivity index (χ2n) is 2.02. The zero-order valence-electron chi connectivity index (χ0n) is 5.86. The minimum Gasteiger partial charge on any atom is -0.350 e. The van der Waals surface area contributed by atoms with E-state index >= 15 is 0 Å². The molecule has 0 aliphatic rings. The Bertz CT molecular complexity index is 145. The van der Waals surface area contributed by atoms with Crippen LogP contribution in [-0.2, 0) is 4.79 Å². The van der Waals surface area contributed by atoms with Gasteiger partial charge < -0.3 is 11.1 Å². The van der Waals surface area contributed by atoms with E-state index in [1.165, 1.54) is 0 Å². The number of nitrogens with two attached hydrogens (primary N) is 1. The highest BCUT2D eigenvalue weighted by Gasteiger charge is 2.04. The van der Waals surface area contributed by atoms with Gasteiger partial charge in [-0.15, -0.1) is 0 Å². The van der Waals surface area contributed by atoms with Gasteiger partial charge in [0.2, 0.25) is 5.91 Å². The van der Waals surface area contributed by atoms with Crippen LogP contribution in [0.15, 0.2) is 11.1 Å². The summed E-state index contributed by atoms with van der Waals surface area (Å²) in [6.45, 7) is 5.61. The first-order valence-corrected chi connectivity index (χ1v) is 3.70. The van der Waals surface area contributed by atoms with Crippen LogP contribution in [0.2, 0.25) is 0 Å². The fraction of sp³-hybridized carbons (Fsp3) is 0.500. The lowest BCUT2D eigenvalue weighted by Crippen LogP contribution is -2.38. The smallest absolute Gasteiger partial charge is 0.236 e. The Kier molecular flexibility index (Phi) is 4.31. The predicted octanol–water partition coefficient (Wildman–Crippen LogP) is 0.358. The molecule has 3 N–H and O–H groups in total. The minimum atomic E-state index is -0.452. The second-order valence-corrected chi connectivity index (χ2v) is 3.15. The van der Waals surface area contributed by atoms with Gasteiger partial charge in [-0.1, -0.05) is 22.5 Å². The summed E-state index contributed by atoms with van der Waals surface area (Å²) in [6, 6.07) is -0.452. The van der Waals surface area contributed by atoms with Gasteiger partial charge in [-0.25, -0.2) is 0 Å². The molecule has 0 rings (SSSR count). The molecule has 1 atom stereocenters. The molecule has 0 spiro atoms. The van der Waals surface area contributed by atoms with Gasteiger partial charge in [0.05, 0.1) is 6.04 Å². The van der Waals surface area contributed by atoms with Gasteiger partial charge in [0.25, 0.3) is 0 Å². The van der Waals surface area contributed by atoms with E-state index < -0.39 is 6.04 Å². The van der Waals surface area contributed by atoms with E-state index in [2.05, 4.69) is 27.8 Å². The largest absolute Gasteiger partial charge is 0.350 e. The van der Waals surface area contributed by atoms with E-state index in [0.717, 1.165) is 4.48 Å². The summed E-state index contributed by atoms with van der Waals surface area (Å²) in [5.41, 5.74) is 5.27. The molecule has 0 saturated carbocycles.